The Kier molecular flexibility index (Phi) is 5.01. The van der Waals surface area contributed by atoms with Crippen molar-refractivity contribution in [1.82, 2.24) is 14.9 Å². The molecule has 3 aliphatic rings. The molecule has 0 N–H and O–H groups in total. The second-order valence-electron chi connectivity index (χ2n) is 9.38. The van der Waals surface area contributed by atoms with Crippen molar-refractivity contribution >= 4 is 17.8 Å². The number of anilines is 1. The van der Waals surface area contributed by atoms with Gasteiger partial charge in [-0.1, -0.05) is 20.8 Å². The Morgan fingerprint density at radius 1 is 1.24 bits per heavy atom. The Balaban J connectivity index is 1.61. The van der Waals surface area contributed by atoms with Crippen LogP contribution < -0.4 is 4.90 Å². The molecule has 4 rings (SSSR count). The summed E-state index contributed by atoms with van der Waals surface area (Å²) in [6, 6.07) is 1.66. The maximum atomic E-state index is 12.9. The second kappa shape index (κ2) is 7.23. The Morgan fingerprint density at radius 2 is 1.97 bits per heavy atom. The number of carbonyl (C=O) groups excluding carboxylic acids is 2. The van der Waals surface area contributed by atoms with Crippen LogP contribution in [0.2, 0.25) is 0 Å². The number of likely N-dealkylation sites (tertiary alicyclic amines) is 1. The lowest BCUT2D eigenvalue weighted by Crippen LogP contribution is -2.40. The first-order chi connectivity index (χ1) is 13.7. The number of rotatable bonds is 2. The van der Waals surface area contributed by atoms with Gasteiger partial charge >= 0.3 is 6.09 Å². The minimum atomic E-state index is -0.490. The van der Waals surface area contributed by atoms with Gasteiger partial charge in [0.05, 0.1) is 25.8 Å². The van der Waals surface area contributed by atoms with Gasteiger partial charge in [-0.25, -0.2) is 14.8 Å². The summed E-state index contributed by atoms with van der Waals surface area (Å²) in [5.74, 6) is 1.26. The summed E-state index contributed by atoms with van der Waals surface area (Å²) >= 11 is 0. The fourth-order valence-electron chi connectivity index (χ4n) is 4.37. The van der Waals surface area contributed by atoms with Crippen LogP contribution in [0, 0.1) is 12.3 Å². The van der Waals surface area contributed by atoms with E-state index in [-0.39, 0.29) is 18.0 Å². The Bertz CT molecular complexity index is 813. The molecular weight excluding hydrogens is 372 g/mol. The molecular formula is C21H30N4O4. The van der Waals surface area contributed by atoms with Gasteiger partial charge in [0.1, 0.15) is 11.4 Å². The second-order valence-corrected chi connectivity index (χ2v) is 9.38. The summed E-state index contributed by atoms with van der Waals surface area (Å²) in [6.45, 7) is 10.1. The average Bonchev–Trinajstić information content (AvgIpc) is 3.25. The molecule has 4 heterocycles. The standard InChI is InChI=1S/C21H30N4O4/c1-14-12-16(25-13-21(29-19(25)27)7-10-28-11-8-21)23-17(22-14)15-6-5-9-24(15)18(26)20(2,3)4/h12,15H,5-11,13H2,1-4H3/t15-/m1/s1. The molecule has 1 aromatic heterocycles. The molecule has 0 aromatic carbocycles. The van der Waals surface area contributed by atoms with E-state index in [2.05, 4.69) is 4.98 Å². The van der Waals surface area contributed by atoms with Crippen molar-refractivity contribution in [1.29, 1.82) is 0 Å². The van der Waals surface area contributed by atoms with E-state index in [0.29, 0.717) is 50.8 Å². The Hall–Kier alpha value is -2.22. The van der Waals surface area contributed by atoms with Crippen molar-refractivity contribution in [3.63, 3.8) is 0 Å². The van der Waals surface area contributed by atoms with E-state index in [4.69, 9.17) is 14.5 Å². The average molecular weight is 402 g/mol. The van der Waals surface area contributed by atoms with Crippen molar-refractivity contribution in [2.24, 2.45) is 5.41 Å². The lowest BCUT2D eigenvalue weighted by molar-refractivity contribution is -0.140. The zero-order valence-corrected chi connectivity index (χ0v) is 17.7. The van der Waals surface area contributed by atoms with Crippen LogP contribution >= 0.6 is 0 Å². The van der Waals surface area contributed by atoms with E-state index >= 15 is 0 Å². The van der Waals surface area contributed by atoms with Gasteiger partial charge in [-0.15, -0.1) is 0 Å². The Labute approximate surface area is 171 Å². The highest BCUT2D eigenvalue weighted by Gasteiger charge is 2.47. The molecule has 8 heteroatoms. The van der Waals surface area contributed by atoms with E-state index in [0.717, 1.165) is 18.5 Å². The predicted octanol–water partition coefficient (Wildman–Crippen LogP) is 3.00. The first-order valence-corrected chi connectivity index (χ1v) is 10.4. The van der Waals surface area contributed by atoms with Gasteiger partial charge in [0.15, 0.2) is 5.82 Å². The summed E-state index contributed by atoms with van der Waals surface area (Å²) in [7, 11) is 0. The lowest BCUT2D eigenvalue weighted by Gasteiger charge is -2.31. The number of amides is 2. The van der Waals surface area contributed by atoms with Crippen molar-refractivity contribution < 1.29 is 19.1 Å². The summed E-state index contributed by atoms with van der Waals surface area (Å²) in [6.07, 6.45) is 2.78. The third kappa shape index (κ3) is 3.82. The number of aryl methyl sites for hydroxylation is 1. The third-order valence-electron chi connectivity index (χ3n) is 5.96. The minimum Gasteiger partial charge on any atom is -0.440 e. The molecule has 0 aliphatic carbocycles. The normalized spacial score (nSPS) is 24.3. The molecule has 0 saturated carbocycles. The SMILES string of the molecule is Cc1cc(N2CC3(CCOCC3)OC2=O)nc([C@H]2CCCN2C(=O)C(C)(C)C)n1. The highest BCUT2D eigenvalue weighted by molar-refractivity contribution is 5.89. The number of carbonyl (C=O) groups is 2. The fraction of sp³-hybridized carbons (Fsp3) is 0.714. The van der Waals surface area contributed by atoms with Crippen LogP contribution in [-0.2, 0) is 14.3 Å². The molecule has 3 fully saturated rings. The summed E-state index contributed by atoms with van der Waals surface area (Å²) in [5.41, 5.74) is -0.167. The molecule has 8 nitrogen and oxygen atoms in total. The fourth-order valence-corrected chi connectivity index (χ4v) is 4.37. The largest absolute Gasteiger partial charge is 0.440 e. The van der Waals surface area contributed by atoms with Gasteiger partial charge in [0.25, 0.3) is 0 Å². The molecule has 158 valence electrons. The van der Waals surface area contributed by atoms with E-state index in [1.54, 1.807) is 4.90 Å². The lowest BCUT2D eigenvalue weighted by atomic mass is 9.94. The zero-order chi connectivity index (χ0) is 20.8. The van der Waals surface area contributed by atoms with Crippen molar-refractivity contribution in [3.05, 3.63) is 17.6 Å². The molecule has 0 bridgehead atoms. The Morgan fingerprint density at radius 3 is 2.66 bits per heavy atom. The molecule has 3 aliphatic heterocycles. The maximum absolute atomic E-state index is 12.9. The number of hydrogen-bond acceptors (Lipinski definition) is 6. The summed E-state index contributed by atoms with van der Waals surface area (Å²) in [5, 5.41) is 0. The van der Waals surface area contributed by atoms with Crippen LogP contribution in [0.5, 0.6) is 0 Å². The molecule has 1 spiro atoms. The quantitative estimate of drug-likeness (QED) is 0.756. The maximum Gasteiger partial charge on any atom is 0.416 e. The molecule has 1 aromatic rings. The smallest absolute Gasteiger partial charge is 0.416 e. The van der Waals surface area contributed by atoms with E-state index < -0.39 is 11.0 Å². The van der Waals surface area contributed by atoms with Gasteiger partial charge in [-0.05, 0) is 19.8 Å². The van der Waals surface area contributed by atoms with Crippen LogP contribution in [0.25, 0.3) is 0 Å². The minimum absolute atomic E-state index is 0.105. The van der Waals surface area contributed by atoms with Gasteiger partial charge in [0, 0.05) is 36.6 Å². The van der Waals surface area contributed by atoms with Crippen LogP contribution in [-0.4, -0.2) is 58.8 Å². The van der Waals surface area contributed by atoms with Crippen molar-refractivity contribution in [2.45, 2.75) is 65.0 Å². The molecule has 3 saturated heterocycles. The van der Waals surface area contributed by atoms with Crippen molar-refractivity contribution in [2.75, 3.05) is 31.2 Å². The molecule has 1 atom stereocenters. The van der Waals surface area contributed by atoms with E-state index in [1.807, 2.05) is 38.7 Å². The number of ether oxygens (including phenoxy) is 2. The van der Waals surface area contributed by atoms with E-state index in [1.165, 1.54) is 0 Å². The van der Waals surface area contributed by atoms with Crippen LogP contribution in [0.1, 0.15) is 64.0 Å². The van der Waals surface area contributed by atoms with Crippen molar-refractivity contribution in [3.8, 4) is 0 Å². The highest BCUT2D eigenvalue weighted by Crippen LogP contribution is 2.37. The first-order valence-electron chi connectivity index (χ1n) is 10.4. The predicted molar refractivity (Wildman–Crippen MR) is 107 cm³/mol. The van der Waals surface area contributed by atoms with Crippen LogP contribution in [0.4, 0.5) is 10.6 Å². The first kappa shape index (κ1) is 20.1. The molecule has 2 amide bonds. The van der Waals surface area contributed by atoms with Gasteiger partial charge < -0.3 is 14.4 Å². The van der Waals surface area contributed by atoms with Gasteiger partial charge in [-0.2, -0.15) is 0 Å². The summed E-state index contributed by atoms with van der Waals surface area (Å²) in [4.78, 5) is 38.4. The molecule has 0 unspecified atom stereocenters. The van der Waals surface area contributed by atoms with Crippen LogP contribution in [0.15, 0.2) is 6.07 Å². The number of hydrogen-bond donors (Lipinski definition) is 0. The monoisotopic (exact) mass is 402 g/mol. The number of aromatic nitrogens is 2. The summed E-state index contributed by atoms with van der Waals surface area (Å²) < 4.78 is 11.2. The van der Waals surface area contributed by atoms with Gasteiger partial charge in [-0.3, -0.25) is 9.69 Å². The zero-order valence-electron chi connectivity index (χ0n) is 17.7. The van der Waals surface area contributed by atoms with Crippen LogP contribution in [0.3, 0.4) is 0 Å². The van der Waals surface area contributed by atoms with E-state index in [9.17, 15) is 9.59 Å². The molecule has 29 heavy (non-hydrogen) atoms. The van der Waals surface area contributed by atoms with Gasteiger partial charge in [0.2, 0.25) is 5.91 Å². The molecule has 0 radical (unpaired) electrons. The number of nitrogens with zero attached hydrogens (tertiary/aromatic N) is 4. The topological polar surface area (TPSA) is 84.9 Å². The third-order valence-corrected chi connectivity index (χ3v) is 5.96. The highest BCUT2D eigenvalue weighted by atomic mass is 16.6.